The van der Waals surface area contributed by atoms with Gasteiger partial charge >= 0.3 is 0 Å². The van der Waals surface area contributed by atoms with E-state index in [0.717, 1.165) is 70.0 Å². The monoisotopic (exact) mass is 622 g/mol. The van der Waals surface area contributed by atoms with Crippen LogP contribution in [-0.2, 0) is 28.9 Å². The smallest absolute Gasteiger partial charge is 0.270 e. The van der Waals surface area contributed by atoms with Gasteiger partial charge in [0.25, 0.3) is 17.7 Å². The Kier molecular flexibility index (Phi) is 8.09. The molecule has 0 saturated carbocycles. The SMILES string of the molecule is CCc1ccccc1N1C(=O)/C(=C/c2cc(C)n(-c3sc4c(c3C(=O)Nc3ccc(C)cc3)CCCC4)c2C)C(=O)NC1=S. The summed E-state index contributed by atoms with van der Waals surface area (Å²) in [6.07, 6.45) is 6.31. The maximum absolute atomic E-state index is 13.9. The summed E-state index contributed by atoms with van der Waals surface area (Å²) in [4.78, 5) is 43.5. The van der Waals surface area contributed by atoms with E-state index in [-0.39, 0.29) is 16.6 Å². The Bertz CT molecular complexity index is 1860. The molecule has 1 aliphatic heterocycles. The van der Waals surface area contributed by atoms with Crippen LogP contribution in [0.4, 0.5) is 11.4 Å². The number of thiophene rings is 1. The number of fused-ring (bicyclic) bond motifs is 1. The van der Waals surface area contributed by atoms with Crippen LogP contribution in [0.25, 0.3) is 11.1 Å². The van der Waals surface area contributed by atoms with Gasteiger partial charge < -0.3 is 9.88 Å². The number of aromatic nitrogens is 1. The van der Waals surface area contributed by atoms with E-state index in [0.29, 0.717) is 17.7 Å². The zero-order chi connectivity index (χ0) is 31.1. The highest BCUT2D eigenvalue weighted by Gasteiger charge is 2.36. The second-order valence-electron chi connectivity index (χ2n) is 11.3. The van der Waals surface area contributed by atoms with Gasteiger partial charge in [-0.05, 0) is 112 Å². The highest BCUT2D eigenvalue weighted by molar-refractivity contribution is 7.80. The summed E-state index contributed by atoms with van der Waals surface area (Å²) < 4.78 is 2.08. The Labute approximate surface area is 266 Å². The molecule has 6 rings (SSSR count). The Hall–Kier alpha value is -4.34. The number of anilines is 2. The van der Waals surface area contributed by atoms with Crippen molar-refractivity contribution in [3.8, 4) is 5.00 Å². The molecule has 3 heterocycles. The third-order valence-corrected chi connectivity index (χ3v) is 9.94. The van der Waals surface area contributed by atoms with Crippen molar-refractivity contribution in [2.75, 3.05) is 10.2 Å². The first-order valence-electron chi connectivity index (χ1n) is 14.9. The van der Waals surface area contributed by atoms with Crippen LogP contribution in [0, 0.1) is 20.8 Å². The lowest BCUT2D eigenvalue weighted by Gasteiger charge is -2.30. The van der Waals surface area contributed by atoms with Crippen LogP contribution in [0.5, 0.6) is 0 Å². The standard InChI is InChI=1S/C35H34N4O3S2/c1-5-23-10-6-8-12-28(23)39-33(42)27(31(40)37-35(39)43)19-24-18-21(3)38(22(24)4)34-30(26-11-7-9-13-29(26)44-34)32(41)36-25-16-14-20(2)15-17-25/h6,8,10,12,14-19H,5,7,9,11,13H2,1-4H3,(H,36,41)(H,37,40,43)/b27-19+. The lowest BCUT2D eigenvalue weighted by atomic mass is 9.95. The first-order chi connectivity index (χ1) is 21.2. The summed E-state index contributed by atoms with van der Waals surface area (Å²) in [5.41, 5.74) is 7.80. The Morgan fingerprint density at radius 3 is 2.52 bits per heavy atom. The normalized spacial score (nSPS) is 15.9. The minimum atomic E-state index is -0.528. The number of nitrogens with one attached hydrogen (secondary N) is 2. The van der Waals surface area contributed by atoms with E-state index < -0.39 is 11.8 Å². The van der Waals surface area contributed by atoms with Crippen molar-refractivity contribution in [3.05, 3.63) is 104 Å². The van der Waals surface area contributed by atoms with Gasteiger partial charge in [0.1, 0.15) is 10.6 Å². The second-order valence-corrected chi connectivity index (χ2v) is 12.8. The van der Waals surface area contributed by atoms with E-state index >= 15 is 0 Å². The van der Waals surface area contributed by atoms with Crippen LogP contribution in [0.2, 0.25) is 0 Å². The highest BCUT2D eigenvalue weighted by atomic mass is 32.1. The predicted octanol–water partition coefficient (Wildman–Crippen LogP) is 6.99. The summed E-state index contributed by atoms with van der Waals surface area (Å²) in [6, 6.07) is 17.3. The van der Waals surface area contributed by atoms with Gasteiger partial charge in [0.05, 0.1) is 11.3 Å². The fourth-order valence-corrected chi connectivity index (χ4v) is 7.85. The van der Waals surface area contributed by atoms with E-state index in [1.807, 2.05) is 82.3 Å². The Morgan fingerprint density at radius 2 is 1.77 bits per heavy atom. The summed E-state index contributed by atoms with van der Waals surface area (Å²) in [5.74, 6) is -1.12. The van der Waals surface area contributed by atoms with Gasteiger partial charge in [0.2, 0.25) is 0 Å². The van der Waals surface area contributed by atoms with Gasteiger partial charge in [-0.25, -0.2) is 0 Å². The fourth-order valence-electron chi connectivity index (χ4n) is 6.08. The molecule has 224 valence electrons. The lowest BCUT2D eigenvalue weighted by Crippen LogP contribution is -2.54. The summed E-state index contributed by atoms with van der Waals surface area (Å²) in [6.45, 7) is 7.97. The third kappa shape index (κ3) is 5.31. The number of hydrogen-bond acceptors (Lipinski definition) is 5. The van der Waals surface area contributed by atoms with E-state index in [2.05, 4.69) is 15.2 Å². The molecule has 7 nitrogen and oxygen atoms in total. The summed E-state index contributed by atoms with van der Waals surface area (Å²) in [7, 11) is 0. The second kappa shape index (κ2) is 12.0. The quantitative estimate of drug-likeness (QED) is 0.138. The molecule has 1 saturated heterocycles. The zero-order valence-corrected chi connectivity index (χ0v) is 26.9. The molecule has 0 atom stereocenters. The van der Waals surface area contributed by atoms with Crippen molar-refractivity contribution in [2.24, 2.45) is 0 Å². The minimum absolute atomic E-state index is 0.00701. The number of carbonyl (C=O) groups is 3. The molecule has 4 aromatic rings. The first kappa shape index (κ1) is 29.7. The number of amides is 3. The summed E-state index contributed by atoms with van der Waals surface area (Å²) in [5, 5.41) is 6.75. The molecule has 2 aromatic carbocycles. The van der Waals surface area contributed by atoms with Crippen LogP contribution >= 0.6 is 23.6 Å². The van der Waals surface area contributed by atoms with Gasteiger partial charge in [0, 0.05) is 22.0 Å². The third-order valence-electron chi connectivity index (χ3n) is 8.38. The number of carbonyl (C=O) groups excluding carboxylic acids is 3. The van der Waals surface area contributed by atoms with E-state index in [1.54, 1.807) is 17.4 Å². The van der Waals surface area contributed by atoms with Crippen molar-refractivity contribution < 1.29 is 14.4 Å². The van der Waals surface area contributed by atoms with Crippen LogP contribution in [-0.4, -0.2) is 27.4 Å². The van der Waals surface area contributed by atoms with Crippen LogP contribution < -0.4 is 15.5 Å². The molecule has 2 aromatic heterocycles. The lowest BCUT2D eigenvalue weighted by molar-refractivity contribution is -0.122. The molecular formula is C35H34N4O3S2. The predicted molar refractivity (Wildman–Crippen MR) is 181 cm³/mol. The molecule has 0 bridgehead atoms. The number of benzene rings is 2. The maximum atomic E-state index is 13.9. The number of rotatable bonds is 6. The Morgan fingerprint density at radius 1 is 1.05 bits per heavy atom. The average Bonchev–Trinajstić information content (AvgIpc) is 3.52. The molecular weight excluding hydrogens is 589 g/mol. The minimum Gasteiger partial charge on any atom is -0.322 e. The summed E-state index contributed by atoms with van der Waals surface area (Å²) >= 11 is 7.10. The fraction of sp³-hybridized carbons (Fsp3) is 0.257. The molecule has 0 radical (unpaired) electrons. The van der Waals surface area contributed by atoms with Gasteiger partial charge in [-0.15, -0.1) is 11.3 Å². The van der Waals surface area contributed by atoms with Crippen molar-refractivity contribution in [1.29, 1.82) is 0 Å². The van der Waals surface area contributed by atoms with E-state index in [4.69, 9.17) is 12.2 Å². The molecule has 2 aliphatic rings. The molecule has 1 aliphatic carbocycles. The van der Waals surface area contributed by atoms with Gasteiger partial charge in [-0.3, -0.25) is 24.6 Å². The van der Waals surface area contributed by atoms with Crippen LogP contribution in [0.15, 0.2) is 60.2 Å². The van der Waals surface area contributed by atoms with Gasteiger partial charge in [-0.1, -0.05) is 42.8 Å². The average molecular weight is 623 g/mol. The van der Waals surface area contributed by atoms with Crippen molar-refractivity contribution in [2.45, 2.75) is 59.8 Å². The molecule has 0 unspecified atom stereocenters. The molecule has 2 N–H and O–H groups in total. The Balaban J connectivity index is 1.41. The number of nitrogens with zero attached hydrogens (tertiary/aromatic N) is 2. The maximum Gasteiger partial charge on any atom is 0.270 e. The molecule has 3 amide bonds. The largest absolute Gasteiger partial charge is 0.322 e. The van der Waals surface area contributed by atoms with E-state index in [1.165, 1.54) is 9.78 Å². The molecule has 1 fully saturated rings. The topological polar surface area (TPSA) is 83.4 Å². The highest BCUT2D eigenvalue weighted by Crippen LogP contribution is 2.39. The van der Waals surface area contributed by atoms with Crippen molar-refractivity contribution in [1.82, 2.24) is 9.88 Å². The number of aryl methyl sites for hydroxylation is 4. The number of hydrogen-bond donors (Lipinski definition) is 2. The van der Waals surface area contributed by atoms with Gasteiger partial charge in [0.15, 0.2) is 5.11 Å². The number of para-hydroxylation sites is 1. The van der Waals surface area contributed by atoms with Gasteiger partial charge in [-0.2, -0.15) is 0 Å². The molecule has 44 heavy (non-hydrogen) atoms. The van der Waals surface area contributed by atoms with Crippen LogP contribution in [0.1, 0.15) is 68.6 Å². The number of thiocarbonyl (C=S) groups is 1. The molecule has 0 spiro atoms. The van der Waals surface area contributed by atoms with Crippen LogP contribution in [0.3, 0.4) is 0 Å². The van der Waals surface area contributed by atoms with Crippen molar-refractivity contribution >= 4 is 63.8 Å². The van der Waals surface area contributed by atoms with Crippen molar-refractivity contribution in [3.63, 3.8) is 0 Å². The molecule has 9 heteroatoms. The van der Waals surface area contributed by atoms with E-state index in [9.17, 15) is 14.4 Å². The zero-order valence-electron chi connectivity index (χ0n) is 25.2. The first-order valence-corrected chi connectivity index (χ1v) is 16.1.